The molecule has 0 aliphatic carbocycles. The standard InChI is InChI=1S/C19H30N4O4S/c1-12(16(25)22-17-14(15(20)24)7-10-28-17)23-8-5-13(6-9-23)11-21-18(26)27-19(2,3)4/h7,10,12-13H,5-6,8-9,11H2,1-4H3,(H2,20,24)(H,21,26)(H,22,25). The zero-order valence-electron chi connectivity index (χ0n) is 16.9. The molecule has 0 saturated carbocycles. The molecule has 1 unspecified atom stereocenters. The first-order chi connectivity index (χ1) is 13.1. The molecule has 1 aliphatic heterocycles. The summed E-state index contributed by atoms with van der Waals surface area (Å²) in [6, 6.07) is 1.29. The summed E-state index contributed by atoms with van der Waals surface area (Å²) in [5, 5.41) is 7.84. The van der Waals surface area contributed by atoms with Crippen LogP contribution in [0.15, 0.2) is 11.4 Å². The number of hydrogen-bond acceptors (Lipinski definition) is 6. The van der Waals surface area contributed by atoms with Gasteiger partial charge in [0.1, 0.15) is 10.6 Å². The molecule has 0 spiro atoms. The smallest absolute Gasteiger partial charge is 0.407 e. The van der Waals surface area contributed by atoms with Crippen molar-refractivity contribution >= 4 is 34.2 Å². The topological polar surface area (TPSA) is 114 Å². The largest absolute Gasteiger partial charge is 0.444 e. The van der Waals surface area contributed by atoms with E-state index in [9.17, 15) is 14.4 Å². The van der Waals surface area contributed by atoms with Crippen molar-refractivity contribution in [1.29, 1.82) is 0 Å². The fourth-order valence-corrected chi connectivity index (χ4v) is 3.86. The predicted octanol–water partition coefficient (Wildman–Crippen LogP) is 2.41. The van der Waals surface area contributed by atoms with Gasteiger partial charge in [-0.3, -0.25) is 14.5 Å². The van der Waals surface area contributed by atoms with E-state index in [1.807, 2.05) is 27.7 Å². The van der Waals surface area contributed by atoms with Crippen LogP contribution in [0.5, 0.6) is 0 Å². The lowest BCUT2D eigenvalue weighted by molar-refractivity contribution is -0.121. The van der Waals surface area contributed by atoms with E-state index in [2.05, 4.69) is 15.5 Å². The number of hydrogen-bond donors (Lipinski definition) is 3. The highest BCUT2D eigenvalue weighted by molar-refractivity contribution is 7.14. The molecule has 4 N–H and O–H groups in total. The molecular formula is C19H30N4O4S. The van der Waals surface area contributed by atoms with E-state index in [-0.39, 0.29) is 11.9 Å². The summed E-state index contributed by atoms with van der Waals surface area (Å²) in [6.07, 6.45) is 1.38. The minimum Gasteiger partial charge on any atom is -0.444 e. The second-order valence-electron chi connectivity index (χ2n) is 8.06. The maximum absolute atomic E-state index is 12.5. The molecular weight excluding hydrogens is 380 g/mol. The van der Waals surface area contributed by atoms with Crippen molar-refractivity contribution in [2.75, 3.05) is 25.0 Å². The third-order valence-electron chi connectivity index (χ3n) is 4.68. The van der Waals surface area contributed by atoms with Crippen LogP contribution in [0.1, 0.15) is 50.9 Å². The van der Waals surface area contributed by atoms with Gasteiger partial charge in [-0.25, -0.2) is 4.79 Å². The molecule has 0 radical (unpaired) electrons. The molecule has 3 amide bonds. The molecule has 1 atom stereocenters. The molecule has 156 valence electrons. The number of piperidine rings is 1. The number of ether oxygens (including phenoxy) is 1. The van der Waals surface area contributed by atoms with Gasteiger partial charge >= 0.3 is 6.09 Å². The minimum absolute atomic E-state index is 0.157. The Bertz CT molecular complexity index is 705. The Hall–Kier alpha value is -2.13. The molecule has 1 aromatic rings. The van der Waals surface area contributed by atoms with Crippen molar-refractivity contribution in [3.05, 3.63) is 17.0 Å². The number of rotatable bonds is 6. The van der Waals surface area contributed by atoms with Gasteiger partial charge in [0.2, 0.25) is 5.91 Å². The number of amides is 3. The summed E-state index contributed by atoms with van der Waals surface area (Å²) >= 11 is 1.28. The monoisotopic (exact) mass is 410 g/mol. The van der Waals surface area contributed by atoms with E-state index in [4.69, 9.17) is 10.5 Å². The van der Waals surface area contributed by atoms with Gasteiger partial charge in [0.15, 0.2) is 0 Å². The van der Waals surface area contributed by atoms with Crippen LogP contribution in [0, 0.1) is 5.92 Å². The molecule has 28 heavy (non-hydrogen) atoms. The van der Waals surface area contributed by atoms with Gasteiger partial charge in [-0.15, -0.1) is 11.3 Å². The van der Waals surface area contributed by atoms with Gasteiger partial charge in [0.05, 0.1) is 11.6 Å². The summed E-state index contributed by atoms with van der Waals surface area (Å²) in [5.41, 5.74) is 5.14. The van der Waals surface area contributed by atoms with Gasteiger partial charge in [-0.05, 0) is 71.0 Å². The highest BCUT2D eigenvalue weighted by atomic mass is 32.1. The minimum atomic E-state index is -0.553. The molecule has 2 rings (SSSR count). The highest BCUT2D eigenvalue weighted by Crippen LogP contribution is 2.24. The van der Waals surface area contributed by atoms with Crippen LogP contribution >= 0.6 is 11.3 Å². The third kappa shape index (κ3) is 6.49. The van der Waals surface area contributed by atoms with Crippen molar-refractivity contribution in [3.63, 3.8) is 0 Å². The number of carbonyl (C=O) groups is 3. The van der Waals surface area contributed by atoms with Crippen molar-refractivity contribution in [1.82, 2.24) is 10.2 Å². The number of alkyl carbamates (subject to hydrolysis) is 1. The van der Waals surface area contributed by atoms with Crippen molar-refractivity contribution < 1.29 is 19.1 Å². The van der Waals surface area contributed by atoms with Crippen LogP contribution in [-0.4, -0.2) is 54.1 Å². The number of nitrogens with one attached hydrogen (secondary N) is 2. The van der Waals surface area contributed by atoms with Crippen molar-refractivity contribution in [3.8, 4) is 0 Å². The maximum atomic E-state index is 12.5. The van der Waals surface area contributed by atoms with E-state index in [0.29, 0.717) is 23.0 Å². The number of anilines is 1. The molecule has 1 fully saturated rings. The average Bonchev–Trinajstić information content (AvgIpc) is 3.06. The van der Waals surface area contributed by atoms with Gasteiger partial charge in [-0.1, -0.05) is 0 Å². The van der Waals surface area contributed by atoms with Crippen LogP contribution in [0.2, 0.25) is 0 Å². The summed E-state index contributed by atoms with van der Waals surface area (Å²) in [4.78, 5) is 37.8. The molecule has 8 nitrogen and oxygen atoms in total. The Labute approximate surface area is 169 Å². The fraction of sp³-hybridized carbons (Fsp3) is 0.632. The maximum Gasteiger partial charge on any atom is 0.407 e. The Morgan fingerprint density at radius 2 is 1.96 bits per heavy atom. The second-order valence-corrected chi connectivity index (χ2v) is 8.97. The zero-order chi connectivity index (χ0) is 20.9. The van der Waals surface area contributed by atoms with E-state index in [1.165, 1.54) is 11.3 Å². The van der Waals surface area contributed by atoms with Crippen LogP contribution in [-0.2, 0) is 9.53 Å². The number of primary amides is 1. The Morgan fingerprint density at radius 3 is 2.54 bits per heavy atom. The van der Waals surface area contributed by atoms with Crippen LogP contribution in [0.4, 0.5) is 9.80 Å². The summed E-state index contributed by atoms with van der Waals surface area (Å²) < 4.78 is 5.25. The molecule has 9 heteroatoms. The van der Waals surface area contributed by atoms with Gasteiger partial charge in [-0.2, -0.15) is 0 Å². The summed E-state index contributed by atoms with van der Waals surface area (Å²) in [5.74, 6) is -0.351. The van der Waals surface area contributed by atoms with Crippen LogP contribution < -0.4 is 16.4 Å². The lowest BCUT2D eigenvalue weighted by Crippen LogP contribution is -2.47. The Kier molecular flexibility index (Phi) is 7.42. The van der Waals surface area contributed by atoms with Gasteiger partial charge in [0, 0.05) is 6.54 Å². The average molecular weight is 411 g/mol. The van der Waals surface area contributed by atoms with Crippen molar-refractivity contribution in [2.24, 2.45) is 11.7 Å². The number of nitrogens with zero attached hydrogens (tertiary/aromatic N) is 1. The first-order valence-corrected chi connectivity index (χ1v) is 10.3. The summed E-state index contributed by atoms with van der Waals surface area (Å²) in [6.45, 7) is 9.46. The molecule has 0 bridgehead atoms. The molecule has 1 aromatic heterocycles. The number of likely N-dealkylation sites (tertiary alicyclic amines) is 1. The lowest BCUT2D eigenvalue weighted by Gasteiger charge is -2.35. The fourth-order valence-electron chi connectivity index (χ4n) is 3.07. The predicted molar refractivity (Wildman–Crippen MR) is 109 cm³/mol. The third-order valence-corrected chi connectivity index (χ3v) is 5.51. The number of carbonyl (C=O) groups excluding carboxylic acids is 3. The van der Waals surface area contributed by atoms with E-state index >= 15 is 0 Å². The van der Waals surface area contributed by atoms with Crippen molar-refractivity contribution in [2.45, 2.75) is 52.2 Å². The summed E-state index contributed by atoms with van der Waals surface area (Å²) in [7, 11) is 0. The Balaban J connectivity index is 1.77. The quantitative estimate of drug-likeness (QED) is 0.666. The zero-order valence-corrected chi connectivity index (χ0v) is 17.7. The molecule has 1 aliphatic rings. The molecule has 2 heterocycles. The molecule has 0 aromatic carbocycles. The first-order valence-electron chi connectivity index (χ1n) is 9.46. The Morgan fingerprint density at radius 1 is 1.32 bits per heavy atom. The SMILES string of the molecule is CC(C(=O)Nc1sccc1C(N)=O)N1CCC(CNC(=O)OC(C)(C)C)CC1. The van der Waals surface area contributed by atoms with E-state index in [0.717, 1.165) is 25.9 Å². The first kappa shape index (κ1) is 22.2. The van der Waals surface area contributed by atoms with Gasteiger partial charge < -0.3 is 21.1 Å². The van der Waals surface area contributed by atoms with E-state index in [1.54, 1.807) is 11.4 Å². The van der Waals surface area contributed by atoms with E-state index < -0.39 is 17.6 Å². The van der Waals surface area contributed by atoms with Crippen LogP contribution in [0.3, 0.4) is 0 Å². The number of thiophene rings is 1. The second kappa shape index (κ2) is 9.38. The normalized spacial score (nSPS) is 17.0. The van der Waals surface area contributed by atoms with Crippen LogP contribution in [0.25, 0.3) is 0 Å². The number of nitrogens with two attached hydrogens (primary N) is 1. The van der Waals surface area contributed by atoms with Gasteiger partial charge in [0.25, 0.3) is 5.91 Å². The molecule has 1 saturated heterocycles. The lowest BCUT2D eigenvalue weighted by atomic mass is 9.96. The highest BCUT2D eigenvalue weighted by Gasteiger charge is 2.28.